The highest BCUT2D eigenvalue weighted by molar-refractivity contribution is 7.98. The largest absolute Gasteiger partial charge is 0.351 e. The van der Waals surface area contributed by atoms with Crippen molar-refractivity contribution in [1.82, 2.24) is 30.2 Å². The summed E-state index contributed by atoms with van der Waals surface area (Å²) in [6.07, 6.45) is 4.55. The molecular formula is C17H18N6O2S. The second-order valence-corrected chi connectivity index (χ2v) is 6.58. The lowest BCUT2D eigenvalue weighted by molar-refractivity contribution is 0.0954. The molecule has 0 spiro atoms. The van der Waals surface area contributed by atoms with Crippen LogP contribution in [-0.2, 0) is 5.75 Å². The van der Waals surface area contributed by atoms with Gasteiger partial charge in [-0.25, -0.2) is 9.97 Å². The van der Waals surface area contributed by atoms with E-state index >= 15 is 0 Å². The van der Waals surface area contributed by atoms with Crippen LogP contribution in [0.25, 0.3) is 11.5 Å². The van der Waals surface area contributed by atoms with Crippen LogP contribution in [0.15, 0.2) is 41.7 Å². The fourth-order valence-electron chi connectivity index (χ4n) is 2.22. The first-order valence-corrected chi connectivity index (χ1v) is 9.16. The number of carbonyl (C=O) groups excluding carboxylic acids is 1. The van der Waals surface area contributed by atoms with E-state index in [1.165, 1.54) is 6.20 Å². The summed E-state index contributed by atoms with van der Waals surface area (Å²) in [5.41, 5.74) is 2.09. The maximum absolute atomic E-state index is 12.1. The number of rotatable bonds is 7. The van der Waals surface area contributed by atoms with E-state index in [0.717, 1.165) is 22.9 Å². The zero-order valence-electron chi connectivity index (χ0n) is 14.2. The van der Waals surface area contributed by atoms with Gasteiger partial charge in [-0.2, -0.15) is 11.8 Å². The number of carbonyl (C=O) groups is 1. The lowest BCUT2D eigenvalue weighted by Crippen LogP contribution is -2.31. The average molecular weight is 370 g/mol. The first-order valence-electron chi connectivity index (χ1n) is 8.00. The predicted molar refractivity (Wildman–Crippen MR) is 99.9 cm³/mol. The summed E-state index contributed by atoms with van der Waals surface area (Å²) in [7, 11) is 0. The van der Waals surface area contributed by atoms with Gasteiger partial charge in [-0.15, -0.1) is 0 Å². The Kier molecular flexibility index (Phi) is 5.80. The number of hydrogen-bond donors (Lipinski definition) is 3. The van der Waals surface area contributed by atoms with Crippen LogP contribution in [-0.4, -0.2) is 43.1 Å². The molecule has 8 nitrogen and oxygen atoms in total. The van der Waals surface area contributed by atoms with Gasteiger partial charge in [-0.3, -0.25) is 14.6 Å². The van der Waals surface area contributed by atoms with E-state index in [1.54, 1.807) is 42.5 Å². The minimum absolute atomic E-state index is 0.0159. The Labute approximate surface area is 153 Å². The van der Waals surface area contributed by atoms with Crippen LogP contribution in [0.1, 0.15) is 21.7 Å². The van der Waals surface area contributed by atoms with Crippen molar-refractivity contribution in [3.05, 3.63) is 64.2 Å². The summed E-state index contributed by atoms with van der Waals surface area (Å²) in [4.78, 5) is 42.4. The third-order valence-corrected chi connectivity index (χ3v) is 4.63. The second-order valence-electron chi connectivity index (χ2n) is 5.47. The zero-order chi connectivity index (χ0) is 18.4. The number of nitrogens with one attached hydrogen (secondary N) is 3. The topological polar surface area (TPSA) is 116 Å². The second kappa shape index (κ2) is 8.43. The first-order chi connectivity index (χ1) is 12.6. The zero-order valence-corrected chi connectivity index (χ0v) is 15.0. The third kappa shape index (κ3) is 4.37. The van der Waals surface area contributed by atoms with Gasteiger partial charge in [-0.1, -0.05) is 6.07 Å². The Morgan fingerprint density at radius 2 is 2.15 bits per heavy atom. The van der Waals surface area contributed by atoms with Gasteiger partial charge in [0.1, 0.15) is 11.3 Å². The molecule has 0 fully saturated rings. The molecule has 0 atom stereocenters. The van der Waals surface area contributed by atoms with Crippen molar-refractivity contribution in [2.75, 3.05) is 12.3 Å². The van der Waals surface area contributed by atoms with Gasteiger partial charge in [0.2, 0.25) is 0 Å². The molecule has 0 aliphatic carbocycles. The van der Waals surface area contributed by atoms with Crippen LogP contribution in [0.2, 0.25) is 0 Å². The van der Waals surface area contributed by atoms with Crippen LogP contribution in [0.3, 0.4) is 0 Å². The molecule has 3 N–H and O–H groups in total. The van der Waals surface area contributed by atoms with Gasteiger partial charge in [0.25, 0.3) is 11.5 Å². The van der Waals surface area contributed by atoms with Crippen molar-refractivity contribution in [2.45, 2.75) is 12.7 Å². The van der Waals surface area contributed by atoms with E-state index in [2.05, 4.69) is 30.2 Å². The Bertz CT molecular complexity index is 938. The molecule has 0 bridgehead atoms. The van der Waals surface area contributed by atoms with Crippen molar-refractivity contribution < 1.29 is 4.79 Å². The van der Waals surface area contributed by atoms with E-state index in [-0.39, 0.29) is 5.56 Å². The maximum Gasteiger partial charge on any atom is 0.264 e. The molecule has 0 radical (unpaired) electrons. The van der Waals surface area contributed by atoms with Crippen LogP contribution in [0.5, 0.6) is 0 Å². The predicted octanol–water partition coefficient (Wildman–Crippen LogP) is 1.53. The third-order valence-electron chi connectivity index (χ3n) is 3.66. The average Bonchev–Trinajstić information content (AvgIpc) is 3.07. The van der Waals surface area contributed by atoms with Gasteiger partial charge in [0.05, 0.1) is 12.0 Å². The molecule has 0 aliphatic rings. The maximum atomic E-state index is 12.1. The quantitative estimate of drug-likeness (QED) is 0.543. The van der Waals surface area contributed by atoms with Crippen molar-refractivity contribution in [3.63, 3.8) is 0 Å². The molecular weight excluding hydrogens is 352 g/mol. The SMILES string of the molecule is Cc1[nH]cnc1CSCCNC(=O)c1cnc(-c2ccccn2)[nH]c1=O. The number of aromatic amines is 2. The minimum atomic E-state index is -0.488. The summed E-state index contributed by atoms with van der Waals surface area (Å²) in [5, 5.41) is 2.73. The Hall–Kier alpha value is -2.94. The normalized spacial score (nSPS) is 10.7. The molecule has 3 heterocycles. The number of H-pyrrole nitrogens is 2. The Morgan fingerprint density at radius 1 is 1.27 bits per heavy atom. The summed E-state index contributed by atoms with van der Waals surface area (Å²) in [5.74, 6) is 1.38. The van der Waals surface area contributed by atoms with Gasteiger partial charge in [0.15, 0.2) is 5.82 Å². The lowest BCUT2D eigenvalue weighted by Gasteiger charge is -2.05. The highest BCUT2D eigenvalue weighted by atomic mass is 32.2. The number of aryl methyl sites for hydroxylation is 1. The summed E-state index contributed by atoms with van der Waals surface area (Å²) >= 11 is 1.66. The van der Waals surface area contributed by atoms with Crippen molar-refractivity contribution in [3.8, 4) is 11.5 Å². The van der Waals surface area contributed by atoms with E-state index < -0.39 is 11.5 Å². The number of nitrogens with zero attached hydrogens (tertiary/aromatic N) is 3. The smallest absolute Gasteiger partial charge is 0.264 e. The fraction of sp³-hybridized carbons (Fsp3) is 0.235. The molecule has 134 valence electrons. The minimum Gasteiger partial charge on any atom is -0.351 e. The number of imidazole rings is 1. The van der Waals surface area contributed by atoms with Gasteiger partial charge in [-0.05, 0) is 19.1 Å². The fourth-order valence-corrected chi connectivity index (χ4v) is 3.10. The van der Waals surface area contributed by atoms with Crippen LogP contribution < -0.4 is 10.9 Å². The lowest BCUT2D eigenvalue weighted by atomic mass is 10.3. The first kappa shape index (κ1) is 17.9. The van der Waals surface area contributed by atoms with Gasteiger partial charge in [0, 0.05) is 36.1 Å². The van der Waals surface area contributed by atoms with Crippen LogP contribution in [0.4, 0.5) is 0 Å². The monoisotopic (exact) mass is 370 g/mol. The molecule has 26 heavy (non-hydrogen) atoms. The van der Waals surface area contributed by atoms with Crippen molar-refractivity contribution in [2.24, 2.45) is 0 Å². The van der Waals surface area contributed by atoms with E-state index in [1.807, 2.05) is 6.92 Å². The number of aromatic nitrogens is 5. The molecule has 3 aromatic rings. The van der Waals surface area contributed by atoms with E-state index in [0.29, 0.717) is 18.1 Å². The highest BCUT2D eigenvalue weighted by Crippen LogP contribution is 2.11. The van der Waals surface area contributed by atoms with Gasteiger partial charge >= 0.3 is 0 Å². The molecule has 9 heteroatoms. The van der Waals surface area contributed by atoms with Crippen LogP contribution >= 0.6 is 11.8 Å². The summed E-state index contributed by atoms with van der Waals surface area (Å²) < 4.78 is 0. The number of hydrogen-bond acceptors (Lipinski definition) is 6. The van der Waals surface area contributed by atoms with E-state index in [4.69, 9.17) is 0 Å². The number of amides is 1. The summed E-state index contributed by atoms with van der Waals surface area (Å²) in [6, 6.07) is 5.30. The standard InChI is InChI=1S/C17H18N6O2S/c1-11-14(22-10-21-11)9-26-7-6-19-16(24)12-8-20-15(23-17(12)25)13-4-2-3-5-18-13/h2-5,8,10H,6-7,9H2,1H3,(H,19,24)(H,21,22)(H,20,23,25). The van der Waals surface area contributed by atoms with Crippen molar-refractivity contribution in [1.29, 1.82) is 0 Å². The Balaban J connectivity index is 1.52. The van der Waals surface area contributed by atoms with Crippen molar-refractivity contribution >= 4 is 17.7 Å². The van der Waals surface area contributed by atoms with Crippen LogP contribution in [0, 0.1) is 6.92 Å². The molecule has 0 saturated heterocycles. The number of thioether (sulfide) groups is 1. The molecule has 3 aromatic heterocycles. The molecule has 0 aliphatic heterocycles. The molecule has 0 aromatic carbocycles. The molecule has 1 amide bonds. The molecule has 3 rings (SSSR count). The molecule has 0 saturated carbocycles. The highest BCUT2D eigenvalue weighted by Gasteiger charge is 2.12. The molecule has 0 unspecified atom stereocenters. The number of pyridine rings is 1. The van der Waals surface area contributed by atoms with E-state index in [9.17, 15) is 9.59 Å². The Morgan fingerprint density at radius 3 is 2.85 bits per heavy atom. The van der Waals surface area contributed by atoms with Gasteiger partial charge < -0.3 is 15.3 Å². The summed E-state index contributed by atoms with van der Waals surface area (Å²) in [6.45, 7) is 2.42.